The standard InChI is InChI=1S/C16H17NO2/c1-12-8-9-15(17-13(2)18)16(10-12)19-11-14-6-4-3-5-7-14/h3-10H,11H2,1-2H3,(H,17,18). The van der Waals surface area contributed by atoms with E-state index in [4.69, 9.17) is 4.74 Å². The smallest absolute Gasteiger partial charge is 0.221 e. The number of rotatable bonds is 4. The minimum Gasteiger partial charge on any atom is -0.487 e. The monoisotopic (exact) mass is 255 g/mol. The van der Waals surface area contributed by atoms with E-state index in [9.17, 15) is 4.79 Å². The number of carbonyl (C=O) groups excluding carboxylic acids is 1. The molecular formula is C16H17NO2. The van der Waals surface area contributed by atoms with E-state index < -0.39 is 0 Å². The predicted molar refractivity (Wildman–Crippen MR) is 76.3 cm³/mol. The van der Waals surface area contributed by atoms with Gasteiger partial charge in [-0.05, 0) is 30.2 Å². The number of aryl methyl sites for hydroxylation is 1. The van der Waals surface area contributed by atoms with Crippen LogP contribution in [0.2, 0.25) is 0 Å². The minimum atomic E-state index is -0.103. The van der Waals surface area contributed by atoms with E-state index in [1.54, 1.807) is 0 Å². The SMILES string of the molecule is CC(=O)Nc1ccc(C)cc1OCc1ccccc1. The van der Waals surface area contributed by atoms with Crippen molar-refractivity contribution in [2.45, 2.75) is 20.5 Å². The molecule has 0 bridgehead atoms. The van der Waals surface area contributed by atoms with Gasteiger partial charge in [0.25, 0.3) is 0 Å². The van der Waals surface area contributed by atoms with Gasteiger partial charge in [-0.1, -0.05) is 36.4 Å². The van der Waals surface area contributed by atoms with Gasteiger partial charge in [0, 0.05) is 6.92 Å². The largest absolute Gasteiger partial charge is 0.487 e. The minimum absolute atomic E-state index is 0.103. The van der Waals surface area contributed by atoms with Crippen LogP contribution in [-0.4, -0.2) is 5.91 Å². The lowest BCUT2D eigenvalue weighted by atomic mass is 10.2. The molecule has 19 heavy (non-hydrogen) atoms. The molecule has 3 nitrogen and oxygen atoms in total. The Hall–Kier alpha value is -2.29. The summed E-state index contributed by atoms with van der Waals surface area (Å²) < 4.78 is 5.79. The molecule has 0 aliphatic heterocycles. The van der Waals surface area contributed by atoms with Crippen molar-refractivity contribution in [3.63, 3.8) is 0 Å². The number of hydrogen-bond donors (Lipinski definition) is 1. The molecule has 0 aromatic heterocycles. The van der Waals surface area contributed by atoms with E-state index in [0.717, 1.165) is 11.1 Å². The lowest BCUT2D eigenvalue weighted by Crippen LogP contribution is -2.08. The van der Waals surface area contributed by atoms with E-state index in [1.165, 1.54) is 6.92 Å². The maximum atomic E-state index is 11.2. The van der Waals surface area contributed by atoms with Crippen LogP contribution in [0, 0.1) is 6.92 Å². The van der Waals surface area contributed by atoms with Crippen molar-refractivity contribution in [2.24, 2.45) is 0 Å². The molecule has 2 aromatic rings. The molecule has 0 unspecified atom stereocenters. The first-order valence-corrected chi connectivity index (χ1v) is 6.20. The first kappa shape index (κ1) is 13.1. The van der Waals surface area contributed by atoms with E-state index in [1.807, 2.05) is 55.5 Å². The number of amides is 1. The zero-order valence-electron chi connectivity index (χ0n) is 11.1. The van der Waals surface area contributed by atoms with Crippen molar-refractivity contribution >= 4 is 11.6 Å². The summed E-state index contributed by atoms with van der Waals surface area (Å²) in [6.45, 7) is 3.96. The average Bonchev–Trinajstić information content (AvgIpc) is 2.40. The Morgan fingerprint density at radius 3 is 2.58 bits per heavy atom. The highest BCUT2D eigenvalue weighted by atomic mass is 16.5. The van der Waals surface area contributed by atoms with Crippen LogP contribution in [0.25, 0.3) is 0 Å². The molecule has 0 saturated heterocycles. The lowest BCUT2D eigenvalue weighted by Gasteiger charge is -2.12. The van der Waals surface area contributed by atoms with Crippen LogP contribution < -0.4 is 10.1 Å². The average molecular weight is 255 g/mol. The molecule has 0 fully saturated rings. The molecule has 2 aromatic carbocycles. The lowest BCUT2D eigenvalue weighted by molar-refractivity contribution is -0.114. The van der Waals surface area contributed by atoms with Crippen molar-refractivity contribution in [2.75, 3.05) is 5.32 Å². The number of hydrogen-bond acceptors (Lipinski definition) is 2. The Labute approximate surface area is 113 Å². The fourth-order valence-electron chi connectivity index (χ4n) is 1.78. The summed E-state index contributed by atoms with van der Waals surface area (Å²) in [5.74, 6) is 0.590. The second-order valence-electron chi connectivity index (χ2n) is 4.46. The quantitative estimate of drug-likeness (QED) is 0.907. The fraction of sp³-hybridized carbons (Fsp3) is 0.188. The molecule has 98 valence electrons. The first-order valence-electron chi connectivity index (χ1n) is 6.20. The summed E-state index contributed by atoms with van der Waals surface area (Å²) in [7, 11) is 0. The predicted octanol–water partition coefficient (Wildman–Crippen LogP) is 3.53. The van der Waals surface area contributed by atoms with Gasteiger partial charge in [-0.15, -0.1) is 0 Å². The van der Waals surface area contributed by atoms with Crippen LogP contribution in [0.1, 0.15) is 18.1 Å². The number of carbonyl (C=O) groups is 1. The molecule has 0 aliphatic rings. The second kappa shape index (κ2) is 6.05. The number of ether oxygens (including phenoxy) is 1. The van der Waals surface area contributed by atoms with Gasteiger partial charge in [0.15, 0.2) is 0 Å². The van der Waals surface area contributed by atoms with Crippen molar-refractivity contribution in [3.8, 4) is 5.75 Å². The van der Waals surface area contributed by atoms with Crippen molar-refractivity contribution in [1.82, 2.24) is 0 Å². The van der Waals surface area contributed by atoms with Crippen molar-refractivity contribution in [1.29, 1.82) is 0 Å². The van der Waals surface area contributed by atoms with Crippen LogP contribution in [0.5, 0.6) is 5.75 Å². The topological polar surface area (TPSA) is 38.3 Å². The molecule has 1 amide bonds. The van der Waals surface area contributed by atoms with Gasteiger partial charge in [-0.3, -0.25) is 4.79 Å². The van der Waals surface area contributed by atoms with Crippen molar-refractivity contribution in [3.05, 3.63) is 59.7 Å². The van der Waals surface area contributed by atoms with Gasteiger partial charge in [0.05, 0.1) is 5.69 Å². The highest BCUT2D eigenvalue weighted by Crippen LogP contribution is 2.26. The van der Waals surface area contributed by atoms with E-state index >= 15 is 0 Å². The Balaban J connectivity index is 2.14. The van der Waals surface area contributed by atoms with Crippen LogP contribution >= 0.6 is 0 Å². The second-order valence-corrected chi connectivity index (χ2v) is 4.46. The van der Waals surface area contributed by atoms with Gasteiger partial charge >= 0.3 is 0 Å². The van der Waals surface area contributed by atoms with E-state index in [-0.39, 0.29) is 5.91 Å². The molecule has 0 heterocycles. The van der Waals surface area contributed by atoms with E-state index in [2.05, 4.69) is 5.32 Å². The fourth-order valence-corrected chi connectivity index (χ4v) is 1.78. The summed E-state index contributed by atoms with van der Waals surface area (Å²) in [6, 6.07) is 15.7. The summed E-state index contributed by atoms with van der Waals surface area (Å²) in [6.07, 6.45) is 0. The van der Waals surface area contributed by atoms with Crippen LogP contribution in [-0.2, 0) is 11.4 Å². The summed E-state index contributed by atoms with van der Waals surface area (Å²) in [5.41, 5.74) is 2.89. The molecule has 1 N–H and O–H groups in total. The third-order valence-electron chi connectivity index (χ3n) is 2.68. The van der Waals surface area contributed by atoms with Gasteiger partial charge in [-0.2, -0.15) is 0 Å². The van der Waals surface area contributed by atoms with Crippen molar-refractivity contribution < 1.29 is 9.53 Å². The molecule has 0 saturated carbocycles. The molecule has 0 atom stereocenters. The van der Waals surface area contributed by atoms with Crippen LogP contribution in [0.15, 0.2) is 48.5 Å². The highest BCUT2D eigenvalue weighted by Gasteiger charge is 2.06. The van der Waals surface area contributed by atoms with Gasteiger partial charge < -0.3 is 10.1 Å². The highest BCUT2D eigenvalue weighted by molar-refractivity contribution is 5.90. The van der Waals surface area contributed by atoms with Gasteiger partial charge in [0.1, 0.15) is 12.4 Å². The molecule has 0 radical (unpaired) electrons. The summed E-state index contributed by atoms with van der Waals surface area (Å²) in [4.78, 5) is 11.2. The van der Waals surface area contributed by atoms with Gasteiger partial charge in [0.2, 0.25) is 5.91 Å². The van der Waals surface area contributed by atoms with Gasteiger partial charge in [-0.25, -0.2) is 0 Å². The summed E-state index contributed by atoms with van der Waals surface area (Å²) >= 11 is 0. The number of anilines is 1. The normalized spacial score (nSPS) is 10.0. The zero-order valence-corrected chi connectivity index (χ0v) is 11.1. The van der Waals surface area contributed by atoms with E-state index in [0.29, 0.717) is 18.0 Å². The maximum absolute atomic E-state index is 11.2. The molecule has 0 aliphatic carbocycles. The third-order valence-corrected chi connectivity index (χ3v) is 2.68. The van der Waals surface area contributed by atoms with Crippen LogP contribution in [0.4, 0.5) is 5.69 Å². The molecule has 3 heteroatoms. The Morgan fingerprint density at radius 2 is 1.89 bits per heavy atom. The number of benzene rings is 2. The number of nitrogens with one attached hydrogen (secondary N) is 1. The Kier molecular flexibility index (Phi) is 4.18. The van der Waals surface area contributed by atoms with Crippen LogP contribution in [0.3, 0.4) is 0 Å². The zero-order chi connectivity index (χ0) is 13.7. The molecule has 2 rings (SSSR count). The Bertz CT molecular complexity index is 564. The first-order chi connectivity index (χ1) is 9.15. The third kappa shape index (κ3) is 3.85. The Morgan fingerprint density at radius 1 is 1.16 bits per heavy atom. The maximum Gasteiger partial charge on any atom is 0.221 e. The molecular weight excluding hydrogens is 238 g/mol. The summed E-state index contributed by atoms with van der Waals surface area (Å²) in [5, 5.41) is 2.77. The molecule has 0 spiro atoms.